The lowest BCUT2D eigenvalue weighted by Gasteiger charge is -1.74. The summed E-state index contributed by atoms with van der Waals surface area (Å²) in [6.07, 6.45) is 3.11. The van der Waals surface area contributed by atoms with Crippen LogP contribution in [0.1, 0.15) is 27.7 Å². The molecular weight excluding hydrogens is 138 g/mol. The Bertz CT molecular complexity index is 139. The molecule has 0 unspecified atom stereocenters. The standard InChI is InChI=1S/C5H6NO.2C2H6/c7-6-4-2-1-3-5-6;2*1-2/h1-5,7H;2*1-2H3/q+1;;. The lowest BCUT2D eigenvalue weighted by molar-refractivity contribution is -0.904. The van der Waals surface area contributed by atoms with E-state index < -0.39 is 0 Å². The maximum atomic E-state index is 8.55. The van der Waals surface area contributed by atoms with Gasteiger partial charge in [-0.05, 0) is 0 Å². The first-order chi connectivity index (χ1) is 5.39. The molecule has 0 aliphatic rings. The van der Waals surface area contributed by atoms with Crippen LogP contribution >= 0.6 is 0 Å². The van der Waals surface area contributed by atoms with Gasteiger partial charge in [0.2, 0.25) is 12.4 Å². The molecule has 1 heterocycles. The van der Waals surface area contributed by atoms with Crippen molar-refractivity contribution in [3.8, 4) is 0 Å². The fourth-order valence-corrected chi connectivity index (χ4v) is 0.390. The highest BCUT2D eigenvalue weighted by Crippen LogP contribution is 1.71. The molecule has 1 rings (SSSR count). The minimum absolute atomic E-state index is 1.00. The Morgan fingerprint density at radius 1 is 0.818 bits per heavy atom. The third-order valence-corrected chi connectivity index (χ3v) is 0.700. The summed E-state index contributed by atoms with van der Waals surface area (Å²) < 4.78 is 1.00. The summed E-state index contributed by atoms with van der Waals surface area (Å²) in [6.45, 7) is 8.00. The summed E-state index contributed by atoms with van der Waals surface area (Å²) in [5.41, 5.74) is 0. The number of hydrogen-bond acceptors (Lipinski definition) is 1. The molecule has 0 spiro atoms. The molecule has 0 amide bonds. The highest BCUT2D eigenvalue weighted by atomic mass is 16.5. The van der Waals surface area contributed by atoms with Crippen LogP contribution in [0.2, 0.25) is 0 Å². The minimum atomic E-state index is 1.00. The van der Waals surface area contributed by atoms with Crippen molar-refractivity contribution in [3.63, 3.8) is 0 Å². The van der Waals surface area contributed by atoms with E-state index in [2.05, 4.69) is 0 Å². The topological polar surface area (TPSA) is 24.1 Å². The quantitative estimate of drug-likeness (QED) is 0.452. The predicted molar refractivity (Wildman–Crippen MR) is 46.5 cm³/mol. The molecule has 11 heavy (non-hydrogen) atoms. The molecule has 0 aromatic carbocycles. The molecule has 1 aromatic rings. The highest BCUT2D eigenvalue weighted by Gasteiger charge is 1.82. The summed E-state index contributed by atoms with van der Waals surface area (Å²) in [6, 6.07) is 5.34. The van der Waals surface area contributed by atoms with Gasteiger partial charge in [-0.1, -0.05) is 33.8 Å². The second-order valence-corrected chi connectivity index (χ2v) is 1.26. The summed E-state index contributed by atoms with van der Waals surface area (Å²) >= 11 is 0. The number of rotatable bonds is 0. The molecular formula is C9H18NO+. The molecule has 0 aliphatic carbocycles. The number of pyridine rings is 1. The normalized spacial score (nSPS) is 6.55. The van der Waals surface area contributed by atoms with E-state index in [9.17, 15) is 0 Å². The van der Waals surface area contributed by atoms with Crippen LogP contribution in [0, 0.1) is 0 Å². The smallest absolute Gasteiger partial charge is 0.222 e. The van der Waals surface area contributed by atoms with E-state index in [4.69, 9.17) is 5.21 Å². The molecule has 0 atom stereocenters. The van der Waals surface area contributed by atoms with Crippen LogP contribution in [0.3, 0.4) is 0 Å². The van der Waals surface area contributed by atoms with Crippen molar-refractivity contribution < 1.29 is 9.94 Å². The van der Waals surface area contributed by atoms with E-state index in [1.165, 1.54) is 0 Å². The summed E-state index contributed by atoms with van der Waals surface area (Å²) in [5, 5.41) is 8.55. The Hall–Kier alpha value is -1.05. The summed E-state index contributed by atoms with van der Waals surface area (Å²) in [7, 11) is 0. The molecule has 2 nitrogen and oxygen atoms in total. The largest absolute Gasteiger partial charge is 0.285 e. The van der Waals surface area contributed by atoms with Crippen molar-refractivity contribution >= 4 is 0 Å². The fourth-order valence-electron chi connectivity index (χ4n) is 0.390. The lowest BCUT2D eigenvalue weighted by Crippen LogP contribution is -2.27. The Labute approximate surface area is 69.1 Å². The second-order valence-electron chi connectivity index (χ2n) is 1.26. The van der Waals surface area contributed by atoms with Crippen LogP contribution in [-0.2, 0) is 0 Å². The molecule has 1 N–H and O–H groups in total. The second kappa shape index (κ2) is 11.7. The van der Waals surface area contributed by atoms with Crippen LogP contribution in [0.4, 0.5) is 0 Å². The molecule has 0 aliphatic heterocycles. The van der Waals surface area contributed by atoms with Crippen molar-refractivity contribution in [1.82, 2.24) is 0 Å². The zero-order valence-corrected chi connectivity index (χ0v) is 7.78. The summed E-state index contributed by atoms with van der Waals surface area (Å²) in [4.78, 5) is 0. The predicted octanol–water partition coefficient (Wildman–Crippen LogP) is 2.26. The zero-order valence-electron chi connectivity index (χ0n) is 7.78. The van der Waals surface area contributed by atoms with Gasteiger partial charge in [0.25, 0.3) is 0 Å². The van der Waals surface area contributed by atoms with Crippen LogP contribution in [0.5, 0.6) is 0 Å². The molecule has 1 aromatic heterocycles. The summed E-state index contributed by atoms with van der Waals surface area (Å²) in [5.74, 6) is 0. The van der Waals surface area contributed by atoms with E-state index in [0.29, 0.717) is 0 Å². The first kappa shape index (κ1) is 12.6. The monoisotopic (exact) mass is 156 g/mol. The molecule has 64 valence electrons. The SMILES string of the molecule is CC.CC.O[n+]1ccccc1. The Balaban J connectivity index is 0. The van der Waals surface area contributed by atoms with Crippen LogP contribution in [-0.4, -0.2) is 5.21 Å². The van der Waals surface area contributed by atoms with Crippen molar-refractivity contribution in [2.24, 2.45) is 0 Å². The zero-order chi connectivity index (χ0) is 9.11. The van der Waals surface area contributed by atoms with E-state index >= 15 is 0 Å². The van der Waals surface area contributed by atoms with Gasteiger partial charge in [-0.3, -0.25) is 5.21 Å². The molecule has 0 saturated heterocycles. The first-order valence-electron chi connectivity index (χ1n) is 4.05. The highest BCUT2D eigenvalue weighted by molar-refractivity contribution is 4.82. The Morgan fingerprint density at radius 2 is 1.18 bits per heavy atom. The van der Waals surface area contributed by atoms with Gasteiger partial charge in [0.1, 0.15) is 0 Å². The molecule has 0 saturated carbocycles. The van der Waals surface area contributed by atoms with Gasteiger partial charge in [-0.2, -0.15) is 0 Å². The lowest BCUT2D eigenvalue weighted by atomic mass is 10.5. The van der Waals surface area contributed by atoms with Gasteiger partial charge < -0.3 is 0 Å². The van der Waals surface area contributed by atoms with Crippen molar-refractivity contribution in [2.75, 3.05) is 0 Å². The third-order valence-electron chi connectivity index (χ3n) is 0.700. The maximum Gasteiger partial charge on any atom is 0.222 e. The van der Waals surface area contributed by atoms with Gasteiger partial charge in [0.05, 0.1) is 0 Å². The average Bonchev–Trinajstić information content (AvgIpc) is 2.13. The van der Waals surface area contributed by atoms with Gasteiger partial charge in [0.15, 0.2) is 0 Å². The molecule has 0 radical (unpaired) electrons. The van der Waals surface area contributed by atoms with Crippen LogP contribution in [0.15, 0.2) is 30.6 Å². The van der Waals surface area contributed by atoms with Crippen molar-refractivity contribution in [2.45, 2.75) is 27.7 Å². The molecule has 0 bridgehead atoms. The Kier molecular flexibility index (Phi) is 13.4. The fraction of sp³-hybridized carbons (Fsp3) is 0.444. The number of nitrogens with zero attached hydrogens (tertiary/aromatic N) is 1. The Morgan fingerprint density at radius 3 is 1.36 bits per heavy atom. The van der Waals surface area contributed by atoms with E-state index in [0.717, 1.165) is 4.73 Å². The van der Waals surface area contributed by atoms with Crippen LogP contribution < -0.4 is 4.73 Å². The van der Waals surface area contributed by atoms with E-state index in [-0.39, 0.29) is 0 Å². The number of aromatic nitrogens is 1. The average molecular weight is 156 g/mol. The first-order valence-corrected chi connectivity index (χ1v) is 4.05. The van der Waals surface area contributed by atoms with Gasteiger partial charge in [-0.25, -0.2) is 0 Å². The van der Waals surface area contributed by atoms with Crippen molar-refractivity contribution in [1.29, 1.82) is 0 Å². The maximum absolute atomic E-state index is 8.55. The van der Waals surface area contributed by atoms with E-state index in [1.807, 2.05) is 33.8 Å². The molecule has 2 heteroatoms. The van der Waals surface area contributed by atoms with Gasteiger partial charge >= 0.3 is 0 Å². The van der Waals surface area contributed by atoms with Crippen LogP contribution in [0.25, 0.3) is 0 Å². The van der Waals surface area contributed by atoms with Gasteiger partial charge in [-0.15, -0.1) is 0 Å². The molecule has 0 fully saturated rings. The third kappa shape index (κ3) is 8.95. The van der Waals surface area contributed by atoms with Gasteiger partial charge in [0, 0.05) is 16.9 Å². The minimum Gasteiger partial charge on any atom is -0.285 e. The van der Waals surface area contributed by atoms with Crippen molar-refractivity contribution in [3.05, 3.63) is 30.6 Å². The van der Waals surface area contributed by atoms with E-state index in [1.54, 1.807) is 24.5 Å². The number of hydrogen-bond donors (Lipinski definition) is 1.